The Balaban J connectivity index is 2.04. The summed E-state index contributed by atoms with van der Waals surface area (Å²) in [5.41, 5.74) is -0.0989. The summed E-state index contributed by atoms with van der Waals surface area (Å²) in [4.78, 5) is 36.6. The van der Waals surface area contributed by atoms with Gasteiger partial charge in [0.15, 0.2) is 5.69 Å². The fourth-order valence-electron chi connectivity index (χ4n) is 2.18. The summed E-state index contributed by atoms with van der Waals surface area (Å²) in [5.74, 6) is -0.746. The van der Waals surface area contributed by atoms with E-state index in [1.54, 1.807) is 7.11 Å². The molecule has 0 fully saturated rings. The number of esters is 1. The van der Waals surface area contributed by atoms with Crippen molar-refractivity contribution < 1.29 is 23.9 Å². The number of Topliss-reactive ketones (excluding diaryl/α,β-unsaturated/α-hetero) is 1. The second-order valence-electron chi connectivity index (χ2n) is 4.92. The van der Waals surface area contributed by atoms with Crippen LogP contribution in [0.2, 0.25) is 0 Å². The molecule has 0 spiro atoms. The van der Waals surface area contributed by atoms with Crippen LogP contribution in [0.4, 0.5) is 0 Å². The van der Waals surface area contributed by atoms with Gasteiger partial charge in [-0.25, -0.2) is 4.79 Å². The Bertz CT molecular complexity index is 650. The number of H-pyrrole nitrogens is 1. The minimum absolute atomic E-state index is 0.00577. The molecule has 0 saturated heterocycles. The number of ketones is 2. The number of nitrogens with zero attached hydrogens (tertiary/aromatic N) is 1. The van der Waals surface area contributed by atoms with E-state index in [1.807, 2.05) is 0 Å². The van der Waals surface area contributed by atoms with E-state index < -0.39 is 5.97 Å². The number of rotatable bonds is 8. The first kappa shape index (κ1) is 17.4. The summed E-state index contributed by atoms with van der Waals surface area (Å²) in [6.45, 7) is 0.714. The fraction of sp³-hybridized carbons (Fsp3) is 0.467. The molecule has 1 heterocycles. The van der Waals surface area contributed by atoms with Gasteiger partial charge in [0.25, 0.3) is 0 Å². The molecule has 1 N–H and O–H groups in total. The number of unbranched alkanes of at least 4 members (excludes halogenated alkanes) is 2. The molecule has 0 bridgehead atoms. The van der Waals surface area contributed by atoms with Crippen LogP contribution in [0.15, 0.2) is 11.0 Å². The predicted molar refractivity (Wildman–Crippen MR) is 84.9 cm³/mol. The molecule has 0 atom stereocenters. The maximum atomic E-state index is 12.5. The second kappa shape index (κ2) is 8.07. The van der Waals surface area contributed by atoms with Crippen molar-refractivity contribution in [3.63, 3.8) is 0 Å². The molecule has 0 saturated carbocycles. The average molecular weight is 338 g/mol. The summed E-state index contributed by atoms with van der Waals surface area (Å²) in [6, 6.07) is 0. The van der Waals surface area contributed by atoms with E-state index in [0.717, 1.165) is 25.0 Å². The molecule has 1 aromatic heterocycles. The molecule has 1 aliphatic carbocycles. The van der Waals surface area contributed by atoms with Crippen LogP contribution in [0.25, 0.3) is 0 Å². The lowest BCUT2D eigenvalue weighted by molar-refractivity contribution is 0.0591. The van der Waals surface area contributed by atoms with Gasteiger partial charge in [0.1, 0.15) is 5.69 Å². The van der Waals surface area contributed by atoms with Gasteiger partial charge in [0.2, 0.25) is 11.6 Å². The van der Waals surface area contributed by atoms with Gasteiger partial charge in [0.05, 0.1) is 17.6 Å². The molecule has 0 radical (unpaired) electrons. The number of hydrogen-bond acceptors (Lipinski definition) is 7. The highest BCUT2D eigenvalue weighted by molar-refractivity contribution is 8.04. The number of carbonyl (C=O) groups excluding carboxylic acids is 3. The Hall–Kier alpha value is -1.93. The zero-order chi connectivity index (χ0) is 16.8. The van der Waals surface area contributed by atoms with Crippen molar-refractivity contribution in [3.8, 4) is 0 Å². The molecule has 8 heteroatoms. The summed E-state index contributed by atoms with van der Waals surface area (Å²) in [7, 11) is 2.86. The normalized spacial score (nSPS) is 13.7. The van der Waals surface area contributed by atoms with E-state index in [-0.39, 0.29) is 28.5 Å². The standard InChI is InChI=1S/C15H18N2O5S/c1-21-6-4-3-5-7-23-10-8-9(18)12-11(14(10)19)13(17-16-12)15(20)22-2/h8H,3-7H2,1-2H3,(H,16,17). The van der Waals surface area contributed by atoms with Crippen LogP contribution in [0.3, 0.4) is 0 Å². The van der Waals surface area contributed by atoms with E-state index in [1.165, 1.54) is 24.9 Å². The number of nitrogens with one attached hydrogen (secondary N) is 1. The second-order valence-corrected chi connectivity index (χ2v) is 6.05. The fourth-order valence-corrected chi connectivity index (χ4v) is 3.17. The molecule has 7 nitrogen and oxygen atoms in total. The van der Waals surface area contributed by atoms with Crippen LogP contribution in [0.1, 0.15) is 50.6 Å². The Labute approximate surface area is 137 Å². The molecule has 1 aliphatic rings. The molecule has 0 amide bonds. The lowest BCUT2D eigenvalue weighted by atomic mass is 9.99. The maximum Gasteiger partial charge on any atom is 0.359 e. The molecule has 0 aliphatic heterocycles. The summed E-state index contributed by atoms with van der Waals surface area (Å²) in [6.07, 6.45) is 4.15. The van der Waals surface area contributed by atoms with Crippen LogP contribution in [-0.4, -0.2) is 54.3 Å². The zero-order valence-electron chi connectivity index (χ0n) is 13.0. The SMILES string of the molecule is COCCCCCSC1=CC(=O)c2[nH]nc(C(=O)OC)c2C1=O. The summed E-state index contributed by atoms with van der Waals surface area (Å²) >= 11 is 1.32. The number of methoxy groups -OCH3 is 2. The van der Waals surface area contributed by atoms with Crippen molar-refractivity contribution in [1.82, 2.24) is 10.2 Å². The number of carbonyl (C=O) groups is 3. The molecule has 23 heavy (non-hydrogen) atoms. The molecule has 124 valence electrons. The van der Waals surface area contributed by atoms with Crippen molar-refractivity contribution in [2.75, 3.05) is 26.6 Å². The maximum absolute atomic E-state index is 12.5. The van der Waals surface area contributed by atoms with Crippen LogP contribution < -0.4 is 0 Å². The molecular weight excluding hydrogens is 320 g/mol. The van der Waals surface area contributed by atoms with Crippen molar-refractivity contribution in [2.45, 2.75) is 19.3 Å². The Kier molecular flexibility index (Phi) is 6.12. The van der Waals surface area contributed by atoms with Crippen molar-refractivity contribution in [2.24, 2.45) is 0 Å². The lowest BCUT2D eigenvalue weighted by Crippen LogP contribution is -2.18. The highest BCUT2D eigenvalue weighted by Gasteiger charge is 2.34. The molecule has 0 unspecified atom stereocenters. The highest BCUT2D eigenvalue weighted by atomic mass is 32.2. The van der Waals surface area contributed by atoms with Gasteiger partial charge in [-0.1, -0.05) is 6.42 Å². The van der Waals surface area contributed by atoms with Crippen LogP contribution in [-0.2, 0) is 9.47 Å². The third kappa shape index (κ3) is 3.89. The smallest absolute Gasteiger partial charge is 0.359 e. The first-order valence-corrected chi connectivity index (χ1v) is 8.17. The van der Waals surface area contributed by atoms with E-state index in [4.69, 9.17) is 4.74 Å². The van der Waals surface area contributed by atoms with E-state index in [0.29, 0.717) is 11.5 Å². The van der Waals surface area contributed by atoms with Crippen molar-refractivity contribution in [3.05, 3.63) is 27.9 Å². The Morgan fingerprint density at radius 2 is 2.04 bits per heavy atom. The molecule has 1 aromatic rings. The van der Waals surface area contributed by atoms with Crippen LogP contribution in [0.5, 0.6) is 0 Å². The van der Waals surface area contributed by atoms with Gasteiger partial charge < -0.3 is 9.47 Å². The first-order chi connectivity index (χ1) is 11.1. The number of allylic oxidation sites excluding steroid dienone is 2. The summed E-state index contributed by atoms with van der Waals surface area (Å²) in [5, 5.41) is 6.18. The number of thioether (sulfide) groups is 1. The van der Waals surface area contributed by atoms with Crippen molar-refractivity contribution >= 4 is 29.3 Å². The first-order valence-electron chi connectivity index (χ1n) is 7.19. The number of fused-ring (bicyclic) bond motifs is 1. The van der Waals surface area contributed by atoms with E-state index in [2.05, 4.69) is 14.9 Å². The molecular formula is C15H18N2O5S. The Morgan fingerprint density at radius 1 is 1.26 bits per heavy atom. The monoisotopic (exact) mass is 338 g/mol. The van der Waals surface area contributed by atoms with Crippen LogP contribution in [0, 0.1) is 0 Å². The third-order valence-electron chi connectivity index (χ3n) is 3.35. The lowest BCUT2D eigenvalue weighted by Gasteiger charge is -2.11. The molecule has 2 rings (SSSR count). The van der Waals surface area contributed by atoms with E-state index >= 15 is 0 Å². The number of hydrogen-bond donors (Lipinski definition) is 1. The van der Waals surface area contributed by atoms with Gasteiger partial charge in [-0.2, -0.15) is 5.10 Å². The largest absolute Gasteiger partial charge is 0.464 e. The van der Waals surface area contributed by atoms with Gasteiger partial charge in [-0.3, -0.25) is 14.7 Å². The summed E-state index contributed by atoms with van der Waals surface area (Å²) < 4.78 is 9.57. The minimum Gasteiger partial charge on any atom is -0.464 e. The number of aromatic amines is 1. The van der Waals surface area contributed by atoms with Gasteiger partial charge in [-0.05, 0) is 18.6 Å². The predicted octanol–water partition coefficient (Wildman–Crippen LogP) is 2.01. The van der Waals surface area contributed by atoms with Gasteiger partial charge >= 0.3 is 5.97 Å². The highest BCUT2D eigenvalue weighted by Crippen LogP contribution is 2.30. The molecule has 0 aromatic carbocycles. The average Bonchev–Trinajstić information content (AvgIpc) is 3.00. The Morgan fingerprint density at radius 3 is 2.74 bits per heavy atom. The third-order valence-corrected chi connectivity index (χ3v) is 4.46. The van der Waals surface area contributed by atoms with Gasteiger partial charge in [-0.15, -0.1) is 11.8 Å². The minimum atomic E-state index is -0.741. The van der Waals surface area contributed by atoms with Crippen molar-refractivity contribution in [1.29, 1.82) is 0 Å². The van der Waals surface area contributed by atoms with Gasteiger partial charge in [0, 0.05) is 19.8 Å². The van der Waals surface area contributed by atoms with Crippen LogP contribution >= 0.6 is 11.8 Å². The number of aromatic nitrogens is 2. The quantitative estimate of drug-likeness (QED) is 0.572. The van der Waals surface area contributed by atoms with E-state index in [9.17, 15) is 14.4 Å². The number of ether oxygens (including phenoxy) is 2. The zero-order valence-corrected chi connectivity index (χ0v) is 13.8. The topological polar surface area (TPSA) is 98.4 Å².